The highest BCUT2D eigenvalue weighted by molar-refractivity contribution is 8.13. The van der Waals surface area contributed by atoms with Crippen molar-refractivity contribution in [3.63, 3.8) is 0 Å². The third kappa shape index (κ3) is 4.34. The molecule has 118 valence electrons. The van der Waals surface area contributed by atoms with Gasteiger partial charge in [-0.1, -0.05) is 25.4 Å². The van der Waals surface area contributed by atoms with Crippen LogP contribution in [0.3, 0.4) is 0 Å². The van der Waals surface area contributed by atoms with Gasteiger partial charge in [-0.25, -0.2) is 8.42 Å². The smallest absolute Gasteiger partial charge is 0.261 e. The van der Waals surface area contributed by atoms with Gasteiger partial charge in [-0.05, 0) is 44.4 Å². The van der Waals surface area contributed by atoms with Gasteiger partial charge in [0, 0.05) is 26.8 Å². The predicted molar refractivity (Wildman–Crippen MR) is 85.7 cm³/mol. The van der Waals surface area contributed by atoms with Gasteiger partial charge >= 0.3 is 0 Å². The second-order valence-corrected chi connectivity index (χ2v) is 8.21. The fourth-order valence-electron chi connectivity index (χ4n) is 1.80. The number of carbonyl (C=O) groups is 1. The molecule has 1 aromatic carbocycles. The van der Waals surface area contributed by atoms with Crippen molar-refractivity contribution in [1.29, 1.82) is 0 Å². The lowest BCUT2D eigenvalue weighted by atomic mass is 9.94. The quantitative estimate of drug-likeness (QED) is 0.818. The zero-order valence-electron chi connectivity index (χ0n) is 12.5. The highest BCUT2D eigenvalue weighted by Gasteiger charge is 2.25. The van der Waals surface area contributed by atoms with Crippen LogP contribution in [0.4, 0.5) is 0 Å². The van der Waals surface area contributed by atoms with E-state index in [9.17, 15) is 13.2 Å². The number of hydrogen-bond acceptors (Lipinski definition) is 3. The Hall–Kier alpha value is -0.780. The lowest BCUT2D eigenvalue weighted by Gasteiger charge is -2.28. The summed E-state index contributed by atoms with van der Waals surface area (Å²) in [4.78, 5) is 12.2. The van der Waals surface area contributed by atoms with E-state index >= 15 is 0 Å². The monoisotopic (exact) mass is 351 g/mol. The molecule has 1 rings (SSSR count). The van der Waals surface area contributed by atoms with Crippen LogP contribution in [-0.2, 0) is 9.05 Å². The van der Waals surface area contributed by atoms with E-state index in [4.69, 9.17) is 22.3 Å². The van der Waals surface area contributed by atoms with Crippen molar-refractivity contribution < 1.29 is 13.2 Å². The fraction of sp³-hybridized carbons (Fsp3) is 0.500. The van der Waals surface area contributed by atoms with E-state index in [-0.39, 0.29) is 26.9 Å². The molecule has 7 heteroatoms. The average molecular weight is 352 g/mol. The van der Waals surface area contributed by atoms with Crippen molar-refractivity contribution in [1.82, 2.24) is 5.32 Å². The first-order chi connectivity index (χ1) is 9.54. The molecule has 1 aromatic rings. The van der Waals surface area contributed by atoms with E-state index in [1.807, 2.05) is 20.8 Å². The molecule has 0 saturated carbocycles. The number of rotatable bonds is 5. The molecule has 0 unspecified atom stereocenters. The number of benzene rings is 1. The zero-order valence-corrected chi connectivity index (χ0v) is 14.8. The number of hydrogen-bond donors (Lipinski definition) is 1. The summed E-state index contributed by atoms with van der Waals surface area (Å²) in [6.45, 7) is 7.55. The van der Waals surface area contributed by atoms with Gasteiger partial charge in [0.25, 0.3) is 15.0 Å². The van der Waals surface area contributed by atoms with Gasteiger partial charge in [0.15, 0.2) is 0 Å². The molecule has 0 aliphatic rings. The van der Waals surface area contributed by atoms with Crippen LogP contribution in [0.1, 0.15) is 49.5 Å². The summed E-state index contributed by atoms with van der Waals surface area (Å²) >= 11 is 6.01. The Balaban J connectivity index is 3.30. The normalized spacial score (nSPS) is 12.3. The largest absolute Gasteiger partial charge is 0.347 e. The van der Waals surface area contributed by atoms with E-state index < -0.39 is 9.05 Å². The Labute approximate surface area is 135 Å². The Kier molecular flexibility index (Phi) is 5.69. The summed E-state index contributed by atoms with van der Waals surface area (Å²) in [6.07, 6.45) is 1.52. The Morgan fingerprint density at radius 3 is 2.24 bits per heavy atom. The maximum Gasteiger partial charge on any atom is 0.261 e. The van der Waals surface area contributed by atoms with Gasteiger partial charge in [0.2, 0.25) is 0 Å². The maximum atomic E-state index is 12.4. The topological polar surface area (TPSA) is 63.2 Å². The first-order valence-electron chi connectivity index (χ1n) is 6.61. The van der Waals surface area contributed by atoms with Crippen LogP contribution in [0.2, 0.25) is 5.02 Å². The molecular formula is C14H19Cl2NO3S. The Morgan fingerprint density at radius 2 is 1.81 bits per heavy atom. The first-order valence-corrected chi connectivity index (χ1v) is 9.30. The molecule has 0 spiro atoms. The summed E-state index contributed by atoms with van der Waals surface area (Å²) in [5.74, 6) is -0.359. The van der Waals surface area contributed by atoms with E-state index in [1.54, 1.807) is 6.92 Å². The molecule has 1 amide bonds. The average Bonchev–Trinajstić information content (AvgIpc) is 2.40. The first kappa shape index (κ1) is 18.3. The molecule has 21 heavy (non-hydrogen) atoms. The van der Waals surface area contributed by atoms with Crippen LogP contribution in [0.15, 0.2) is 17.0 Å². The lowest BCUT2D eigenvalue weighted by molar-refractivity contribution is 0.0900. The summed E-state index contributed by atoms with van der Waals surface area (Å²) in [5, 5.41) is 3.11. The van der Waals surface area contributed by atoms with Crippen molar-refractivity contribution in [3.8, 4) is 0 Å². The molecule has 0 saturated heterocycles. The van der Waals surface area contributed by atoms with E-state index in [0.29, 0.717) is 5.56 Å². The van der Waals surface area contributed by atoms with E-state index in [0.717, 1.165) is 12.8 Å². The van der Waals surface area contributed by atoms with Crippen molar-refractivity contribution >= 4 is 37.2 Å². The highest BCUT2D eigenvalue weighted by atomic mass is 35.7. The zero-order chi connectivity index (χ0) is 16.4. The van der Waals surface area contributed by atoms with Crippen molar-refractivity contribution in [2.75, 3.05) is 0 Å². The summed E-state index contributed by atoms with van der Waals surface area (Å²) < 4.78 is 22.9. The standard InChI is InChI=1S/C14H19Cl2NO3S/c1-5-14(4,6-2)17-13(18)11-7-10(21(16,19)20)8-12(15)9(11)3/h7-8H,5-6H2,1-4H3,(H,17,18). The maximum absolute atomic E-state index is 12.4. The minimum Gasteiger partial charge on any atom is -0.347 e. The van der Waals surface area contributed by atoms with Crippen LogP contribution in [0.5, 0.6) is 0 Å². The van der Waals surface area contributed by atoms with Gasteiger partial charge in [-0.15, -0.1) is 0 Å². The Bertz CT molecular complexity index is 652. The molecule has 0 heterocycles. The third-order valence-electron chi connectivity index (χ3n) is 3.82. The van der Waals surface area contributed by atoms with Gasteiger partial charge in [-0.2, -0.15) is 0 Å². The summed E-state index contributed by atoms with van der Waals surface area (Å²) in [6, 6.07) is 2.50. The number of amides is 1. The fourth-order valence-corrected chi connectivity index (χ4v) is 2.87. The van der Waals surface area contributed by atoms with Gasteiger partial charge < -0.3 is 5.32 Å². The molecule has 0 aliphatic carbocycles. The lowest BCUT2D eigenvalue weighted by Crippen LogP contribution is -2.45. The number of nitrogens with one attached hydrogen (secondary N) is 1. The SMILES string of the molecule is CCC(C)(CC)NC(=O)c1cc(S(=O)(=O)Cl)cc(Cl)c1C. The van der Waals surface area contributed by atoms with Crippen LogP contribution in [0, 0.1) is 6.92 Å². The molecule has 1 N–H and O–H groups in total. The van der Waals surface area contributed by atoms with Gasteiger partial charge in [-0.3, -0.25) is 4.79 Å². The van der Waals surface area contributed by atoms with E-state index in [1.165, 1.54) is 12.1 Å². The van der Waals surface area contributed by atoms with Gasteiger partial charge in [0.1, 0.15) is 0 Å². The van der Waals surface area contributed by atoms with Crippen LogP contribution >= 0.6 is 22.3 Å². The van der Waals surface area contributed by atoms with Crippen LogP contribution < -0.4 is 5.32 Å². The minimum atomic E-state index is -3.95. The van der Waals surface area contributed by atoms with E-state index in [2.05, 4.69) is 5.32 Å². The highest BCUT2D eigenvalue weighted by Crippen LogP contribution is 2.27. The third-order valence-corrected chi connectivity index (χ3v) is 5.55. The van der Waals surface area contributed by atoms with Crippen LogP contribution in [0.25, 0.3) is 0 Å². The number of halogens is 2. The molecule has 0 atom stereocenters. The van der Waals surface area contributed by atoms with Crippen molar-refractivity contribution in [2.24, 2.45) is 0 Å². The van der Waals surface area contributed by atoms with Crippen molar-refractivity contribution in [2.45, 2.75) is 51.0 Å². The van der Waals surface area contributed by atoms with Crippen molar-refractivity contribution in [3.05, 3.63) is 28.3 Å². The molecule has 0 fully saturated rings. The second-order valence-electron chi connectivity index (χ2n) is 5.24. The van der Waals surface area contributed by atoms with Gasteiger partial charge in [0.05, 0.1) is 4.90 Å². The molecule has 0 radical (unpaired) electrons. The predicted octanol–water partition coefficient (Wildman–Crippen LogP) is 3.88. The molecule has 4 nitrogen and oxygen atoms in total. The summed E-state index contributed by atoms with van der Waals surface area (Å²) in [5.41, 5.74) is 0.383. The molecule has 0 aromatic heterocycles. The van der Waals surface area contributed by atoms with Crippen LogP contribution in [-0.4, -0.2) is 19.9 Å². The summed E-state index contributed by atoms with van der Waals surface area (Å²) in [7, 11) is 1.38. The molecular weight excluding hydrogens is 333 g/mol. The molecule has 0 bridgehead atoms. The minimum absolute atomic E-state index is 0.181. The number of carbonyl (C=O) groups excluding carboxylic acids is 1. The second kappa shape index (κ2) is 6.55. The Morgan fingerprint density at radius 1 is 1.29 bits per heavy atom. The molecule has 0 aliphatic heterocycles.